The number of benzene rings is 1. The molecule has 26 heavy (non-hydrogen) atoms. The van der Waals surface area contributed by atoms with Crippen LogP contribution in [0.25, 0.3) is 0 Å². The van der Waals surface area contributed by atoms with E-state index < -0.39 is 16.0 Å². The predicted octanol–water partition coefficient (Wildman–Crippen LogP) is 3.29. The molecule has 8 heteroatoms. The van der Waals surface area contributed by atoms with Gasteiger partial charge in [0.05, 0.1) is 21.2 Å². The molecule has 0 bridgehead atoms. The first-order valence-corrected chi connectivity index (χ1v) is 10.9. The van der Waals surface area contributed by atoms with Crippen LogP contribution in [0.2, 0.25) is 0 Å². The first kappa shape index (κ1) is 19.0. The molecular formula is C18H22N2O4S2. The number of nitrogens with zero attached hydrogens (tertiary/aromatic N) is 2. The Hall–Kier alpha value is -1.77. The summed E-state index contributed by atoms with van der Waals surface area (Å²) in [5.41, 5.74) is 1.55. The molecule has 2 aromatic rings. The van der Waals surface area contributed by atoms with Crippen LogP contribution in [0.1, 0.15) is 45.9 Å². The van der Waals surface area contributed by atoms with E-state index in [1.165, 1.54) is 21.7 Å². The van der Waals surface area contributed by atoms with Gasteiger partial charge in [-0.15, -0.1) is 11.3 Å². The third-order valence-electron chi connectivity index (χ3n) is 4.37. The fourth-order valence-corrected chi connectivity index (χ4v) is 5.31. The summed E-state index contributed by atoms with van der Waals surface area (Å²) >= 11 is 1.49. The van der Waals surface area contributed by atoms with Crippen molar-refractivity contribution in [3.8, 4) is 0 Å². The van der Waals surface area contributed by atoms with Crippen molar-refractivity contribution in [1.82, 2.24) is 9.29 Å². The molecule has 0 N–H and O–H groups in total. The fraction of sp³-hybridized carbons (Fsp3) is 0.444. The van der Waals surface area contributed by atoms with Gasteiger partial charge in [0, 0.05) is 18.5 Å². The van der Waals surface area contributed by atoms with Gasteiger partial charge in [-0.05, 0) is 44.4 Å². The number of rotatable bonds is 5. The van der Waals surface area contributed by atoms with Crippen LogP contribution >= 0.6 is 11.3 Å². The van der Waals surface area contributed by atoms with Gasteiger partial charge >= 0.3 is 5.97 Å². The Balaban J connectivity index is 1.79. The third-order valence-corrected chi connectivity index (χ3v) is 7.24. The second kappa shape index (κ2) is 7.85. The molecule has 1 aliphatic rings. The summed E-state index contributed by atoms with van der Waals surface area (Å²) in [4.78, 5) is 16.8. The van der Waals surface area contributed by atoms with Gasteiger partial charge in [-0.3, -0.25) is 0 Å². The number of ether oxygens (including phenoxy) is 1. The van der Waals surface area contributed by atoms with Gasteiger partial charge in [-0.25, -0.2) is 18.2 Å². The van der Waals surface area contributed by atoms with E-state index in [0.29, 0.717) is 24.3 Å². The lowest BCUT2D eigenvalue weighted by Gasteiger charge is -2.26. The maximum absolute atomic E-state index is 12.9. The molecule has 1 aromatic heterocycles. The van der Waals surface area contributed by atoms with E-state index in [2.05, 4.69) is 4.98 Å². The standard InChI is InChI=1S/C18H22N2O4S2/c1-13-6-7-15(18(21)24-11-16-12-25-14(2)19-16)10-17(13)26(22,23)20-8-4-3-5-9-20/h6-7,10,12H,3-5,8-9,11H2,1-2H3. The molecule has 1 saturated heterocycles. The number of thiazole rings is 1. The maximum Gasteiger partial charge on any atom is 0.338 e. The van der Waals surface area contributed by atoms with E-state index in [4.69, 9.17) is 4.74 Å². The topological polar surface area (TPSA) is 76.6 Å². The Morgan fingerprint density at radius 3 is 2.62 bits per heavy atom. The zero-order valence-corrected chi connectivity index (χ0v) is 16.5. The number of carbonyl (C=O) groups is 1. The van der Waals surface area contributed by atoms with Crippen LogP contribution in [0.15, 0.2) is 28.5 Å². The van der Waals surface area contributed by atoms with E-state index in [0.717, 1.165) is 24.3 Å². The summed E-state index contributed by atoms with van der Waals surface area (Å²) < 4.78 is 32.6. The molecule has 1 fully saturated rings. The zero-order valence-electron chi connectivity index (χ0n) is 14.9. The molecule has 140 valence electrons. The Morgan fingerprint density at radius 1 is 1.23 bits per heavy atom. The number of hydrogen-bond donors (Lipinski definition) is 0. The second-order valence-corrected chi connectivity index (χ2v) is 9.35. The predicted molar refractivity (Wildman–Crippen MR) is 99.8 cm³/mol. The van der Waals surface area contributed by atoms with Crippen LogP contribution in [-0.4, -0.2) is 36.8 Å². The van der Waals surface area contributed by atoms with Crippen LogP contribution in [0.5, 0.6) is 0 Å². The lowest BCUT2D eigenvalue weighted by atomic mass is 10.1. The highest BCUT2D eigenvalue weighted by Gasteiger charge is 2.28. The van der Waals surface area contributed by atoms with Crippen molar-refractivity contribution in [2.75, 3.05) is 13.1 Å². The second-order valence-electron chi connectivity index (χ2n) is 6.38. The molecule has 0 atom stereocenters. The van der Waals surface area contributed by atoms with Crippen LogP contribution in [0.3, 0.4) is 0 Å². The Morgan fingerprint density at radius 2 is 1.96 bits per heavy atom. The molecule has 6 nitrogen and oxygen atoms in total. The number of aryl methyl sites for hydroxylation is 2. The first-order chi connectivity index (χ1) is 12.4. The Labute approximate surface area is 157 Å². The number of hydrogen-bond acceptors (Lipinski definition) is 6. The molecule has 0 spiro atoms. The highest BCUT2D eigenvalue weighted by molar-refractivity contribution is 7.89. The molecule has 0 radical (unpaired) electrons. The number of sulfonamides is 1. The normalized spacial score (nSPS) is 15.8. The third kappa shape index (κ3) is 4.13. The monoisotopic (exact) mass is 394 g/mol. The number of aromatic nitrogens is 1. The minimum absolute atomic E-state index is 0.0747. The van der Waals surface area contributed by atoms with Gasteiger partial charge in [-0.1, -0.05) is 12.5 Å². The van der Waals surface area contributed by atoms with Gasteiger partial charge in [0.25, 0.3) is 0 Å². The van der Waals surface area contributed by atoms with Gasteiger partial charge in [0.15, 0.2) is 0 Å². The van der Waals surface area contributed by atoms with E-state index in [1.807, 2.05) is 12.3 Å². The van der Waals surface area contributed by atoms with Crippen molar-refractivity contribution in [1.29, 1.82) is 0 Å². The van der Waals surface area contributed by atoms with Crippen molar-refractivity contribution < 1.29 is 17.9 Å². The summed E-state index contributed by atoms with van der Waals surface area (Å²) in [6.45, 7) is 4.75. The minimum atomic E-state index is -3.60. The lowest BCUT2D eigenvalue weighted by molar-refractivity contribution is 0.0468. The largest absolute Gasteiger partial charge is 0.456 e. The number of piperidine rings is 1. The van der Waals surface area contributed by atoms with Gasteiger partial charge in [-0.2, -0.15) is 4.31 Å². The van der Waals surface area contributed by atoms with Crippen LogP contribution in [0.4, 0.5) is 0 Å². The molecule has 0 saturated carbocycles. The quantitative estimate of drug-likeness (QED) is 0.727. The molecule has 0 amide bonds. The van der Waals surface area contributed by atoms with Crippen molar-refractivity contribution in [3.05, 3.63) is 45.4 Å². The highest BCUT2D eigenvalue weighted by atomic mass is 32.2. The van der Waals surface area contributed by atoms with E-state index in [1.54, 1.807) is 19.1 Å². The van der Waals surface area contributed by atoms with Crippen molar-refractivity contribution in [3.63, 3.8) is 0 Å². The SMILES string of the molecule is Cc1nc(COC(=O)c2ccc(C)c(S(=O)(=O)N3CCCCC3)c2)cs1. The summed E-state index contributed by atoms with van der Waals surface area (Å²) in [7, 11) is -3.60. The van der Waals surface area contributed by atoms with Crippen LogP contribution in [-0.2, 0) is 21.4 Å². The molecule has 1 aliphatic heterocycles. The lowest BCUT2D eigenvalue weighted by Crippen LogP contribution is -2.36. The summed E-state index contributed by atoms with van der Waals surface area (Å²) in [6, 6.07) is 4.67. The fourth-order valence-electron chi connectivity index (χ4n) is 2.95. The van der Waals surface area contributed by atoms with Crippen molar-refractivity contribution >= 4 is 27.3 Å². The smallest absolute Gasteiger partial charge is 0.338 e. The van der Waals surface area contributed by atoms with E-state index in [-0.39, 0.29) is 17.1 Å². The summed E-state index contributed by atoms with van der Waals surface area (Å²) in [5, 5.41) is 2.74. The minimum Gasteiger partial charge on any atom is -0.456 e. The molecule has 0 aliphatic carbocycles. The highest BCUT2D eigenvalue weighted by Crippen LogP contribution is 2.24. The molecule has 1 aromatic carbocycles. The maximum atomic E-state index is 12.9. The van der Waals surface area contributed by atoms with E-state index >= 15 is 0 Å². The average Bonchev–Trinajstić information content (AvgIpc) is 3.06. The molecule has 2 heterocycles. The van der Waals surface area contributed by atoms with Crippen LogP contribution in [0, 0.1) is 13.8 Å². The Kier molecular flexibility index (Phi) is 5.74. The van der Waals surface area contributed by atoms with Crippen molar-refractivity contribution in [2.45, 2.75) is 44.6 Å². The zero-order chi connectivity index (χ0) is 18.7. The van der Waals surface area contributed by atoms with Gasteiger partial charge < -0.3 is 4.74 Å². The van der Waals surface area contributed by atoms with Crippen molar-refractivity contribution in [2.24, 2.45) is 0 Å². The summed E-state index contributed by atoms with van der Waals surface area (Å²) in [5.74, 6) is -0.550. The van der Waals surface area contributed by atoms with Crippen LogP contribution < -0.4 is 0 Å². The van der Waals surface area contributed by atoms with Gasteiger partial charge in [0.2, 0.25) is 10.0 Å². The average molecular weight is 395 g/mol. The molecule has 0 unspecified atom stereocenters. The van der Waals surface area contributed by atoms with Gasteiger partial charge in [0.1, 0.15) is 6.61 Å². The summed E-state index contributed by atoms with van der Waals surface area (Å²) in [6.07, 6.45) is 2.79. The van der Waals surface area contributed by atoms with E-state index in [9.17, 15) is 13.2 Å². The first-order valence-electron chi connectivity index (χ1n) is 8.57. The number of carbonyl (C=O) groups excluding carboxylic acids is 1. The number of esters is 1. The molecular weight excluding hydrogens is 372 g/mol. The Bertz CT molecular complexity index is 900. The molecule has 3 rings (SSSR count).